The quantitative estimate of drug-likeness (QED) is 0.616. The van der Waals surface area contributed by atoms with Crippen LogP contribution in [0, 0.1) is 11.3 Å². The van der Waals surface area contributed by atoms with Gasteiger partial charge in [-0.2, -0.15) is 5.26 Å². The molecule has 2 rings (SSSR count). The first-order valence-electron chi connectivity index (χ1n) is 11.5. The Labute approximate surface area is 192 Å². The summed E-state index contributed by atoms with van der Waals surface area (Å²) in [7, 11) is 0. The summed E-state index contributed by atoms with van der Waals surface area (Å²) in [6.07, 6.45) is 4.75. The van der Waals surface area contributed by atoms with Gasteiger partial charge in [0, 0.05) is 6.42 Å². The number of rotatable bonds is 6. The second-order valence-corrected chi connectivity index (χ2v) is 11.0. The average Bonchev–Trinajstić information content (AvgIpc) is 2.70. The van der Waals surface area contributed by atoms with Crippen LogP contribution in [0.5, 0.6) is 5.75 Å². The lowest BCUT2D eigenvalue weighted by Crippen LogP contribution is -2.50. The van der Waals surface area contributed by atoms with E-state index in [9.17, 15) is 20.0 Å². The molecule has 0 saturated heterocycles. The zero-order valence-corrected chi connectivity index (χ0v) is 20.4. The molecule has 32 heavy (non-hydrogen) atoms. The van der Waals surface area contributed by atoms with E-state index in [0.29, 0.717) is 25.0 Å². The van der Waals surface area contributed by atoms with Crippen molar-refractivity contribution in [3.05, 3.63) is 28.8 Å². The number of phenolic OH excluding ortho intramolecular Hbond substituents is 1. The second kappa shape index (κ2) is 9.94. The number of aromatic hydroxyl groups is 1. The molecular formula is C26H38N2O4. The first kappa shape index (κ1) is 25.7. The topological polar surface area (TPSA) is 99.4 Å². The maximum atomic E-state index is 12.3. The zero-order chi connectivity index (χ0) is 24.2. The van der Waals surface area contributed by atoms with E-state index >= 15 is 0 Å². The SMILES string of the molecule is CC(C)(C)c1cc(CCC(=O)OCC(=O)NC2(C#N)CCCCC2)cc(C(C)(C)C)c1O. The Bertz CT molecular complexity index is 844. The molecule has 1 aliphatic rings. The molecule has 2 N–H and O–H groups in total. The van der Waals surface area contributed by atoms with Crippen molar-refractivity contribution in [2.75, 3.05) is 6.61 Å². The number of carbonyl (C=O) groups is 2. The molecule has 0 aromatic heterocycles. The van der Waals surface area contributed by atoms with Gasteiger partial charge in [-0.3, -0.25) is 9.59 Å². The summed E-state index contributed by atoms with van der Waals surface area (Å²) in [6, 6.07) is 6.13. The average molecular weight is 443 g/mol. The second-order valence-electron chi connectivity index (χ2n) is 11.0. The molecule has 1 amide bonds. The summed E-state index contributed by atoms with van der Waals surface area (Å²) < 4.78 is 5.17. The number of benzene rings is 1. The fourth-order valence-electron chi connectivity index (χ4n) is 4.17. The summed E-state index contributed by atoms with van der Waals surface area (Å²) >= 11 is 0. The normalized spacial score (nSPS) is 16.2. The Morgan fingerprint density at radius 1 is 1.06 bits per heavy atom. The fraction of sp³-hybridized carbons (Fsp3) is 0.654. The molecule has 0 unspecified atom stereocenters. The van der Waals surface area contributed by atoms with Crippen molar-refractivity contribution in [1.82, 2.24) is 5.32 Å². The number of amides is 1. The minimum atomic E-state index is -0.833. The summed E-state index contributed by atoms with van der Waals surface area (Å²) in [5, 5.41) is 23.1. The number of nitrogens with one attached hydrogen (secondary N) is 1. The first-order valence-corrected chi connectivity index (χ1v) is 11.5. The van der Waals surface area contributed by atoms with E-state index in [-0.39, 0.29) is 23.9 Å². The number of hydrogen-bond acceptors (Lipinski definition) is 5. The van der Waals surface area contributed by atoms with Crippen LogP contribution in [0.25, 0.3) is 0 Å². The Hall–Kier alpha value is -2.55. The minimum Gasteiger partial charge on any atom is -0.507 e. The van der Waals surface area contributed by atoms with Crippen LogP contribution in [0.15, 0.2) is 12.1 Å². The predicted octanol–water partition coefficient (Wildman–Crippen LogP) is 4.81. The third-order valence-electron chi connectivity index (χ3n) is 6.07. The number of nitriles is 1. The van der Waals surface area contributed by atoms with E-state index < -0.39 is 17.4 Å². The molecule has 176 valence electrons. The molecule has 1 fully saturated rings. The van der Waals surface area contributed by atoms with E-state index in [0.717, 1.165) is 36.0 Å². The highest BCUT2D eigenvalue weighted by Gasteiger charge is 2.33. The smallest absolute Gasteiger partial charge is 0.306 e. The van der Waals surface area contributed by atoms with Crippen LogP contribution in [-0.2, 0) is 31.6 Å². The molecule has 0 radical (unpaired) electrons. The van der Waals surface area contributed by atoms with Gasteiger partial charge in [-0.25, -0.2) is 0 Å². The van der Waals surface area contributed by atoms with E-state index in [1.54, 1.807) is 0 Å². The van der Waals surface area contributed by atoms with Gasteiger partial charge in [-0.15, -0.1) is 0 Å². The molecule has 0 aliphatic heterocycles. The maximum Gasteiger partial charge on any atom is 0.306 e. The third kappa shape index (κ3) is 6.72. The highest BCUT2D eigenvalue weighted by molar-refractivity contribution is 5.81. The van der Waals surface area contributed by atoms with Crippen LogP contribution in [0.4, 0.5) is 0 Å². The Morgan fingerprint density at radius 3 is 2.06 bits per heavy atom. The molecule has 1 saturated carbocycles. The van der Waals surface area contributed by atoms with Gasteiger partial charge in [-0.05, 0) is 46.8 Å². The summed E-state index contributed by atoms with van der Waals surface area (Å²) in [4.78, 5) is 24.5. The number of esters is 1. The molecule has 1 aromatic rings. The maximum absolute atomic E-state index is 12.3. The molecule has 0 heterocycles. The third-order valence-corrected chi connectivity index (χ3v) is 6.07. The van der Waals surface area contributed by atoms with Crippen molar-refractivity contribution in [2.24, 2.45) is 0 Å². The number of aryl methyl sites for hydroxylation is 1. The first-order chi connectivity index (χ1) is 14.8. The summed E-state index contributed by atoms with van der Waals surface area (Å²) in [5.41, 5.74) is 1.33. The van der Waals surface area contributed by atoms with Gasteiger partial charge in [0.15, 0.2) is 6.61 Å². The molecule has 1 aromatic carbocycles. The number of nitrogens with zero attached hydrogens (tertiary/aromatic N) is 1. The molecule has 0 atom stereocenters. The Balaban J connectivity index is 1.99. The van der Waals surface area contributed by atoms with Crippen LogP contribution >= 0.6 is 0 Å². The van der Waals surface area contributed by atoms with Crippen molar-refractivity contribution < 1.29 is 19.4 Å². The molecular weight excluding hydrogens is 404 g/mol. The van der Waals surface area contributed by atoms with E-state index in [2.05, 4.69) is 11.4 Å². The van der Waals surface area contributed by atoms with Crippen molar-refractivity contribution in [3.63, 3.8) is 0 Å². The largest absolute Gasteiger partial charge is 0.507 e. The lowest BCUT2D eigenvalue weighted by molar-refractivity contribution is -0.149. The van der Waals surface area contributed by atoms with Crippen molar-refractivity contribution >= 4 is 11.9 Å². The monoisotopic (exact) mass is 442 g/mol. The summed E-state index contributed by atoms with van der Waals surface area (Å²) in [5.74, 6) is -0.587. The van der Waals surface area contributed by atoms with Crippen molar-refractivity contribution in [3.8, 4) is 11.8 Å². The van der Waals surface area contributed by atoms with Gasteiger partial charge >= 0.3 is 5.97 Å². The predicted molar refractivity (Wildman–Crippen MR) is 124 cm³/mol. The highest BCUT2D eigenvalue weighted by Crippen LogP contribution is 2.40. The number of phenols is 1. The molecule has 0 bridgehead atoms. The van der Waals surface area contributed by atoms with E-state index in [4.69, 9.17) is 4.74 Å². The van der Waals surface area contributed by atoms with Gasteiger partial charge in [0.1, 0.15) is 11.3 Å². The number of ether oxygens (including phenoxy) is 1. The molecule has 6 heteroatoms. The van der Waals surface area contributed by atoms with Crippen molar-refractivity contribution in [2.45, 2.75) is 103 Å². The lowest BCUT2D eigenvalue weighted by atomic mass is 9.78. The van der Waals surface area contributed by atoms with Gasteiger partial charge in [-0.1, -0.05) is 72.9 Å². The van der Waals surface area contributed by atoms with E-state index in [1.807, 2.05) is 53.7 Å². The van der Waals surface area contributed by atoms with Gasteiger partial charge in [0.2, 0.25) is 0 Å². The number of carbonyl (C=O) groups excluding carboxylic acids is 2. The fourth-order valence-corrected chi connectivity index (χ4v) is 4.17. The minimum absolute atomic E-state index is 0.134. The molecule has 6 nitrogen and oxygen atoms in total. The highest BCUT2D eigenvalue weighted by atomic mass is 16.5. The van der Waals surface area contributed by atoms with Crippen LogP contribution in [0.1, 0.15) is 96.8 Å². The lowest BCUT2D eigenvalue weighted by Gasteiger charge is -2.31. The molecule has 0 spiro atoms. The number of hydrogen-bond donors (Lipinski definition) is 2. The van der Waals surface area contributed by atoms with Gasteiger partial charge in [0.05, 0.1) is 6.07 Å². The van der Waals surface area contributed by atoms with Crippen LogP contribution < -0.4 is 5.32 Å². The Morgan fingerprint density at radius 2 is 1.59 bits per heavy atom. The van der Waals surface area contributed by atoms with Crippen LogP contribution in [0.2, 0.25) is 0 Å². The Kier molecular flexibility index (Phi) is 7.98. The van der Waals surface area contributed by atoms with E-state index in [1.165, 1.54) is 0 Å². The zero-order valence-electron chi connectivity index (χ0n) is 20.4. The van der Waals surface area contributed by atoms with Gasteiger partial charge < -0.3 is 15.2 Å². The van der Waals surface area contributed by atoms with Gasteiger partial charge in [0.25, 0.3) is 5.91 Å². The van der Waals surface area contributed by atoms with Crippen LogP contribution in [0.3, 0.4) is 0 Å². The van der Waals surface area contributed by atoms with Crippen LogP contribution in [-0.4, -0.2) is 29.1 Å². The molecule has 1 aliphatic carbocycles. The summed E-state index contributed by atoms with van der Waals surface area (Å²) in [6.45, 7) is 11.9. The van der Waals surface area contributed by atoms with Crippen molar-refractivity contribution in [1.29, 1.82) is 5.26 Å². The standard InChI is InChI=1S/C26H38N2O4/c1-24(2,3)19-14-18(15-20(23(19)31)25(4,5)6)10-11-22(30)32-16-21(29)28-26(17-27)12-8-7-9-13-26/h14-15,31H,7-13,16H2,1-6H3,(H,28,29).